The first-order chi connectivity index (χ1) is 15.9. The second-order valence-electron chi connectivity index (χ2n) is 8.84. The lowest BCUT2D eigenvalue weighted by atomic mass is 9.98. The number of halogens is 3. The van der Waals surface area contributed by atoms with Crippen molar-refractivity contribution in [1.29, 1.82) is 0 Å². The van der Waals surface area contributed by atoms with E-state index in [4.69, 9.17) is 4.74 Å². The SMILES string of the molecule is O=C(CCc1ccc(C(F)(F)F)cc1)N1CCC(N2CCC(Oc3ccncc3)CC2)CC1. The molecule has 0 unspecified atom stereocenters. The molecule has 2 aromatic rings. The van der Waals surface area contributed by atoms with Crippen molar-refractivity contribution in [2.75, 3.05) is 26.2 Å². The number of aryl methyl sites for hydroxylation is 1. The highest BCUT2D eigenvalue weighted by Crippen LogP contribution is 2.29. The molecule has 0 saturated carbocycles. The average Bonchev–Trinajstić information content (AvgIpc) is 2.83. The number of amides is 1. The summed E-state index contributed by atoms with van der Waals surface area (Å²) >= 11 is 0. The van der Waals surface area contributed by atoms with Crippen molar-refractivity contribution in [3.05, 3.63) is 59.9 Å². The molecule has 5 nitrogen and oxygen atoms in total. The maximum atomic E-state index is 12.7. The van der Waals surface area contributed by atoms with Gasteiger partial charge < -0.3 is 9.64 Å². The smallest absolute Gasteiger partial charge is 0.416 e. The van der Waals surface area contributed by atoms with Gasteiger partial charge in [-0.1, -0.05) is 12.1 Å². The first kappa shape index (κ1) is 23.5. The van der Waals surface area contributed by atoms with Crippen LogP contribution in [-0.2, 0) is 17.4 Å². The first-order valence-electron chi connectivity index (χ1n) is 11.6. The maximum Gasteiger partial charge on any atom is 0.416 e. The zero-order chi connectivity index (χ0) is 23.3. The Labute approximate surface area is 192 Å². The number of piperidine rings is 2. The van der Waals surface area contributed by atoms with Crippen LogP contribution < -0.4 is 4.74 Å². The Morgan fingerprint density at radius 2 is 1.58 bits per heavy atom. The quantitative estimate of drug-likeness (QED) is 0.633. The Hall–Kier alpha value is -2.61. The normalized spacial score (nSPS) is 18.9. The van der Waals surface area contributed by atoms with Gasteiger partial charge in [-0.2, -0.15) is 13.2 Å². The minimum atomic E-state index is -4.33. The summed E-state index contributed by atoms with van der Waals surface area (Å²) in [5, 5.41) is 0. The van der Waals surface area contributed by atoms with Gasteiger partial charge in [0.1, 0.15) is 11.9 Å². The molecule has 2 aliphatic heterocycles. The lowest BCUT2D eigenvalue weighted by Crippen LogP contribution is -2.50. The van der Waals surface area contributed by atoms with Crippen molar-refractivity contribution in [3.63, 3.8) is 0 Å². The zero-order valence-corrected chi connectivity index (χ0v) is 18.6. The van der Waals surface area contributed by atoms with E-state index in [1.165, 1.54) is 12.1 Å². The van der Waals surface area contributed by atoms with Gasteiger partial charge in [0.2, 0.25) is 5.91 Å². The molecule has 1 aromatic carbocycles. The summed E-state index contributed by atoms with van der Waals surface area (Å²) in [7, 11) is 0. The number of carbonyl (C=O) groups is 1. The monoisotopic (exact) mass is 461 g/mol. The summed E-state index contributed by atoms with van der Waals surface area (Å²) in [5.41, 5.74) is 0.0932. The number of likely N-dealkylation sites (tertiary alicyclic amines) is 2. The van der Waals surface area contributed by atoms with Gasteiger partial charge in [0, 0.05) is 51.0 Å². The summed E-state index contributed by atoms with van der Waals surface area (Å²) in [4.78, 5) is 21.1. The van der Waals surface area contributed by atoms with Crippen LogP contribution in [0.4, 0.5) is 13.2 Å². The topological polar surface area (TPSA) is 45.7 Å². The van der Waals surface area contributed by atoms with Crippen molar-refractivity contribution in [2.45, 2.75) is 56.8 Å². The third-order valence-electron chi connectivity index (χ3n) is 6.67. The highest BCUT2D eigenvalue weighted by Gasteiger charge is 2.31. The summed E-state index contributed by atoms with van der Waals surface area (Å²) < 4.78 is 44.1. The van der Waals surface area contributed by atoms with Crippen LogP contribution in [0.3, 0.4) is 0 Å². The fourth-order valence-corrected chi connectivity index (χ4v) is 4.72. The highest BCUT2D eigenvalue weighted by atomic mass is 19.4. The largest absolute Gasteiger partial charge is 0.490 e. The van der Waals surface area contributed by atoms with Gasteiger partial charge in [0.15, 0.2) is 0 Å². The van der Waals surface area contributed by atoms with Crippen molar-refractivity contribution in [2.24, 2.45) is 0 Å². The molecule has 8 heteroatoms. The summed E-state index contributed by atoms with van der Waals surface area (Å²) in [6.45, 7) is 3.48. The number of benzene rings is 1. The summed E-state index contributed by atoms with van der Waals surface area (Å²) in [6, 6.07) is 9.35. The number of nitrogens with zero attached hydrogens (tertiary/aromatic N) is 3. The van der Waals surface area contributed by atoms with Gasteiger partial charge in [0.25, 0.3) is 0 Å². The van der Waals surface area contributed by atoms with Gasteiger partial charge in [-0.15, -0.1) is 0 Å². The van der Waals surface area contributed by atoms with Crippen molar-refractivity contribution in [1.82, 2.24) is 14.8 Å². The molecule has 1 aromatic heterocycles. The molecule has 3 heterocycles. The second-order valence-corrected chi connectivity index (χ2v) is 8.84. The van der Waals surface area contributed by atoms with E-state index >= 15 is 0 Å². The molecule has 0 atom stereocenters. The molecule has 2 aliphatic rings. The van der Waals surface area contributed by atoms with E-state index in [1.807, 2.05) is 17.0 Å². The van der Waals surface area contributed by atoms with E-state index in [-0.39, 0.29) is 12.0 Å². The minimum absolute atomic E-state index is 0.0813. The molecule has 178 valence electrons. The molecule has 33 heavy (non-hydrogen) atoms. The van der Waals surface area contributed by atoms with Gasteiger partial charge >= 0.3 is 6.18 Å². The van der Waals surface area contributed by atoms with Crippen LogP contribution in [-0.4, -0.2) is 59.0 Å². The van der Waals surface area contributed by atoms with Gasteiger partial charge in [-0.3, -0.25) is 14.7 Å². The van der Waals surface area contributed by atoms with Crippen LogP contribution >= 0.6 is 0 Å². The first-order valence-corrected chi connectivity index (χ1v) is 11.6. The molecule has 2 fully saturated rings. The Morgan fingerprint density at radius 1 is 0.939 bits per heavy atom. The number of hydrogen-bond donors (Lipinski definition) is 0. The minimum Gasteiger partial charge on any atom is -0.490 e. The molecular formula is C25H30F3N3O2. The third-order valence-corrected chi connectivity index (χ3v) is 6.67. The van der Waals surface area contributed by atoms with Crippen LogP contribution in [0.5, 0.6) is 5.75 Å². The molecule has 1 amide bonds. The fourth-order valence-electron chi connectivity index (χ4n) is 4.72. The molecule has 2 saturated heterocycles. The molecule has 0 aliphatic carbocycles. The summed E-state index contributed by atoms with van der Waals surface area (Å²) in [6.07, 6.45) is 4.07. The maximum absolute atomic E-state index is 12.7. The van der Waals surface area contributed by atoms with Crippen molar-refractivity contribution < 1.29 is 22.7 Å². The van der Waals surface area contributed by atoms with Crippen LogP contribution in [0.1, 0.15) is 43.2 Å². The lowest BCUT2D eigenvalue weighted by Gasteiger charge is -2.41. The van der Waals surface area contributed by atoms with Crippen LogP contribution in [0.25, 0.3) is 0 Å². The van der Waals surface area contributed by atoms with E-state index in [0.29, 0.717) is 18.9 Å². The van der Waals surface area contributed by atoms with Gasteiger partial charge in [-0.05, 0) is 61.9 Å². The summed E-state index contributed by atoms with van der Waals surface area (Å²) in [5.74, 6) is 0.948. The third kappa shape index (κ3) is 6.47. The second kappa shape index (κ2) is 10.5. The number of hydrogen-bond acceptors (Lipinski definition) is 4. The molecule has 0 N–H and O–H groups in total. The number of rotatable bonds is 6. The number of aromatic nitrogens is 1. The lowest BCUT2D eigenvalue weighted by molar-refractivity contribution is -0.137. The van der Waals surface area contributed by atoms with E-state index in [9.17, 15) is 18.0 Å². The average molecular weight is 462 g/mol. The molecule has 0 bridgehead atoms. The van der Waals surface area contributed by atoms with E-state index in [2.05, 4.69) is 9.88 Å². The Bertz CT molecular complexity index is 889. The Morgan fingerprint density at radius 3 is 2.18 bits per heavy atom. The fraction of sp³-hybridized carbons (Fsp3) is 0.520. The van der Waals surface area contributed by atoms with Crippen LogP contribution in [0, 0.1) is 0 Å². The van der Waals surface area contributed by atoms with E-state index < -0.39 is 11.7 Å². The number of pyridine rings is 1. The van der Waals surface area contributed by atoms with Crippen LogP contribution in [0.2, 0.25) is 0 Å². The van der Waals surface area contributed by atoms with Crippen molar-refractivity contribution >= 4 is 5.91 Å². The van der Waals surface area contributed by atoms with Gasteiger partial charge in [-0.25, -0.2) is 0 Å². The Balaban J connectivity index is 1.16. The molecule has 4 rings (SSSR count). The highest BCUT2D eigenvalue weighted by molar-refractivity contribution is 5.76. The van der Waals surface area contributed by atoms with Crippen molar-refractivity contribution in [3.8, 4) is 5.75 Å². The Kier molecular flexibility index (Phi) is 7.53. The number of carbonyl (C=O) groups excluding carboxylic acids is 1. The zero-order valence-electron chi connectivity index (χ0n) is 18.6. The molecular weight excluding hydrogens is 431 g/mol. The van der Waals surface area contributed by atoms with E-state index in [1.54, 1.807) is 12.4 Å². The van der Waals surface area contributed by atoms with Gasteiger partial charge in [0.05, 0.1) is 5.56 Å². The predicted molar refractivity (Wildman–Crippen MR) is 119 cm³/mol. The van der Waals surface area contributed by atoms with E-state index in [0.717, 1.165) is 75.3 Å². The standard InChI is InChI=1S/C25H30F3N3O2/c26-25(27,28)20-4-1-19(2-5-20)3-6-24(32)31-15-9-21(10-16-31)30-17-11-23(12-18-30)33-22-7-13-29-14-8-22/h1-2,4-5,7-8,13-14,21,23H,3,6,9-12,15-18H2. The number of alkyl halides is 3. The molecule has 0 spiro atoms. The van der Waals surface area contributed by atoms with Crippen LogP contribution in [0.15, 0.2) is 48.8 Å². The molecule has 0 radical (unpaired) electrons. The predicted octanol–water partition coefficient (Wildman–Crippen LogP) is 4.57. The number of ether oxygens (including phenoxy) is 1.